The lowest BCUT2D eigenvalue weighted by Crippen LogP contribution is -2.28. The lowest BCUT2D eigenvalue weighted by Gasteiger charge is -2.29. The SMILES string of the molecule is CC(=O)c1sc(N2N=C3/C(=C\c4ccc(Br)cc4)CCC[C@H]3[C@H]2c2ccc(Br)cc2)nc1C. The maximum absolute atomic E-state index is 12.1. The average Bonchev–Trinajstić information content (AvgIpc) is 3.37. The van der Waals surface area contributed by atoms with Crippen LogP contribution in [0.4, 0.5) is 5.13 Å². The number of anilines is 1. The molecule has 4 nitrogen and oxygen atoms in total. The molecule has 0 radical (unpaired) electrons. The Balaban J connectivity index is 1.60. The number of thiazole rings is 1. The predicted octanol–water partition coefficient (Wildman–Crippen LogP) is 7.98. The van der Waals surface area contributed by atoms with E-state index in [-0.39, 0.29) is 17.7 Å². The van der Waals surface area contributed by atoms with Crippen molar-refractivity contribution in [2.24, 2.45) is 11.0 Å². The van der Waals surface area contributed by atoms with E-state index in [4.69, 9.17) is 10.1 Å². The Kier molecular flexibility index (Phi) is 6.38. The van der Waals surface area contributed by atoms with Crippen LogP contribution in [0.25, 0.3) is 6.08 Å². The maximum atomic E-state index is 12.1. The van der Waals surface area contributed by atoms with Crippen molar-refractivity contribution in [2.45, 2.75) is 39.2 Å². The molecule has 2 aromatic carbocycles. The van der Waals surface area contributed by atoms with Gasteiger partial charge in [0.15, 0.2) is 5.78 Å². The van der Waals surface area contributed by atoms with Crippen LogP contribution in [-0.4, -0.2) is 16.5 Å². The van der Waals surface area contributed by atoms with Crippen LogP contribution < -0.4 is 5.01 Å². The minimum absolute atomic E-state index is 0.0523. The van der Waals surface area contributed by atoms with E-state index in [1.807, 2.05) is 6.92 Å². The number of halogens is 2. The number of rotatable bonds is 4. The van der Waals surface area contributed by atoms with E-state index in [2.05, 4.69) is 91.5 Å². The zero-order valence-corrected chi connectivity index (χ0v) is 22.4. The number of hydrazone groups is 1. The van der Waals surface area contributed by atoms with E-state index in [1.165, 1.54) is 28.0 Å². The van der Waals surface area contributed by atoms with Gasteiger partial charge in [-0.2, -0.15) is 5.10 Å². The molecule has 0 unspecified atom stereocenters. The Morgan fingerprint density at radius 3 is 2.39 bits per heavy atom. The number of carbonyl (C=O) groups excluding carboxylic acids is 1. The number of allylic oxidation sites excluding steroid dienone is 1. The first-order chi connectivity index (χ1) is 15.9. The summed E-state index contributed by atoms with van der Waals surface area (Å²) >= 11 is 8.53. The number of hydrogen-bond acceptors (Lipinski definition) is 5. The molecule has 1 saturated carbocycles. The predicted molar refractivity (Wildman–Crippen MR) is 143 cm³/mol. The Bertz CT molecular complexity index is 1260. The van der Waals surface area contributed by atoms with Gasteiger partial charge in [-0.15, -0.1) is 0 Å². The van der Waals surface area contributed by atoms with Crippen LogP contribution in [0.3, 0.4) is 0 Å². The van der Waals surface area contributed by atoms with Crippen molar-refractivity contribution in [1.82, 2.24) is 4.98 Å². The largest absolute Gasteiger partial charge is 0.294 e. The molecule has 1 aromatic heterocycles. The van der Waals surface area contributed by atoms with Crippen molar-refractivity contribution in [3.8, 4) is 0 Å². The minimum Gasteiger partial charge on any atom is -0.294 e. The fourth-order valence-corrected chi connectivity index (χ4v) is 6.20. The normalized spacial score (nSPS) is 21.3. The second-order valence-electron chi connectivity index (χ2n) is 8.51. The molecule has 0 amide bonds. The molecule has 3 aromatic rings. The highest BCUT2D eigenvalue weighted by Crippen LogP contribution is 2.47. The third-order valence-electron chi connectivity index (χ3n) is 6.23. The Labute approximate surface area is 214 Å². The van der Waals surface area contributed by atoms with Gasteiger partial charge in [0.1, 0.15) is 0 Å². The summed E-state index contributed by atoms with van der Waals surface area (Å²) in [6.07, 6.45) is 5.50. The van der Waals surface area contributed by atoms with Gasteiger partial charge in [-0.3, -0.25) is 4.79 Å². The Morgan fingerprint density at radius 2 is 1.76 bits per heavy atom. The van der Waals surface area contributed by atoms with Crippen molar-refractivity contribution in [3.05, 3.63) is 84.7 Å². The summed E-state index contributed by atoms with van der Waals surface area (Å²) < 4.78 is 2.13. The third-order valence-corrected chi connectivity index (χ3v) is 8.53. The summed E-state index contributed by atoms with van der Waals surface area (Å²) in [6, 6.07) is 17.0. The van der Waals surface area contributed by atoms with Crippen LogP contribution in [-0.2, 0) is 0 Å². The highest BCUT2D eigenvalue weighted by molar-refractivity contribution is 9.10. The van der Waals surface area contributed by atoms with Crippen molar-refractivity contribution >= 4 is 65.9 Å². The van der Waals surface area contributed by atoms with E-state index in [0.29, 0.717) is 4.88 Å². The van der Waals surface area contributed by atoms with Gasteiger partial charge in [0, 0.05) is 21.8 Å². The molecule has 0 saturated heterocycles. The molecular formula is C26H23Br2N3OS. The Hall–Kier alpha value is -2.09. The molecule has 1 aliphatic heterocycles. The summed E-state index contributed by atoms with van der Waals surface area (Å²) in [6.45, 7) is 3.51. The number of nitrogens with zero attached hydrogens (tertiary/aromatic N) is 3. The van der Waals surface area contributed by atoms with Crippen LogP contribution in [0.2, 0.25) is 0 Å². The molecule has 0 N–H and O–H groups in total. The number of carbonyl (C=O) groups is 1. The zero-order valence-electron chi connectivity index (χ0n) is 18.4. The van der Waals surface area contributed by atoms with Crippen LogP contribution in [0, 0.1) is 12.8 Å². The van der Waals surface area contributed by atoms with Crippen molar-refractivity contribution in [2.75, 3.05) is 5.01 Å². The molecule has 0 bridgehead atoms. The molecule has 1 fully saturated rings. The summed E-state index contributed by atoms with van der Waals surface area (Å²) in [7, 11) is 0. The van der Waals surface area contributed by atoms with E-state index in [1.54, 1.807) is 6.92 Å². The van der Waals surface area contributed by atoms with Crippen LogP contribution in [0.15, 0.2) is 68.2 Å². The van der Waals surface area contributed by atoms with E-state index >= 15 is 0 Å². The molecule has 33 heavy (non-hydrogen) atoms. The molecule has 2 aliphatic rings. The molecule has 2 atom stereocenters. The number of Topliss-reactive ketones (excluding diaryl/α,β-unsaturated/α-hetero) is 1. The smallest absolute Gasteiger partial charge is 0.207 e. The molecule has 0 spiro atoms. The lowest BCUT2D eigenvalue weighted by atomic mass is 9.77. The van der Waals surface area contributed by atoms with Crippen molar-refractivity contribution in [1.29, 1.82) is 0 Å². The molecule has 2 heterocycles. The Morgan fingerprint density at radius 1 is 1.09 bits per heavy atom. The van der Waals surface area contributed by atoms with Gasteiger partial charge in [-0.1, -0.05) is 67.5 Å². The zero-order chi connectivity index (χ0) is 23.1. The monoisotopic (exact) mass is 583 g/mol. The first kappa shape index (κ1) is 22.7. The van der Waals surface area contributed by atoms with Gasteiger partial charge < -0.3 is 0 Å². The molecular weight excluding hydrogens is 562 g/mol. The summed E-state index contributed by atoms with van der Waals surface area (Å²) in [4.78, 5) is 17.6. The highest BCUT2D eigenvalue weighted by atomic mass is 79.9. The van der Waals surface area contributed by atoms with Crippen LogP contribution in [0.1, 0.15) is 58.7 Å². The minimum atomic E-state index is 0.0523. The quantitative estimate of drug-likeness (QED) is 0.292. The molecule has 7 heteroatoms. The number of ketones is 1. The van der Waals surface area contributed by atoms with E-state index in [0.717, 1.165) is 44.7 Å². The number of fused-ring (bicyclic) bond motifs is 1. The molecule has 1 aliphatic carbocycles. The van der Waals surface area contributed by atoms with Gasteiger partial charge in [0.2, 0.25) is 5.13 Å². The van der Waals surface area contributed by atoms with Crippen molar-refractivity contribution in [3.63, 3.8) is 0 Å². The number of aryl methyl sites for hydroxylation is 1. The van der Waals surface area contributed by atoms with Gasteiger partial charge >= 0.3 is 0 Å². The second kappa shape index (κ2) is 9.28. The van der Waals surface area contributed by atoms with Crippen molar-refractivity contribution < 1.29 is 4.79 Å². The van der Waals surface area contributed by atoms with Crippen LogP contribution in [0.5, 0.6) is 0 Å². The van der Waals surface area contributed by atoms with Gasteiger partial charge in [0.05, 0.1) is 22.3 Å². The van der Waals surface area contributed by atoms with Gasteiger partial charge in [0.25, 0.3) is 0 Å². The fourth-order valence-electron chi connectivity index (χ4n) is 4.72. The second-order valence-corrected chi connectivity index (χ2v) is 11.3. The van der Waals surface area contributed by atoms with E-state index < -0.39 is 0 Å². The number of benzene rings is 2. The number of hydrogen-bond donors (Lipinski definition) is 0. The third kappa shape index (κ3) is 4.51. The topological polar surface area (TPSA) is 45.6 Å². The standard InChI is InChI=1S/C26H23Br2N3OS/c1-15-25(16(2)32)33-26(29-15)31-24(18-8-12-21(28)13-9-18)22-5-3-4-19(23(22)30-31)14-17-6-10-20(27)11-7-17/h6-14,22,24H,3-5H2,1-2H3/b19-14-/t22-,24-/m1/s1. The lowest BCUT2D eigenvalue weighted by molar-refractivity contribution is 0.102. The molecule has 168 valence electrons. The summed E-state index contributed by atoms with van der Waals surface area (Å²) in [5.41, 5.74) is 5.61. The van der Waals surface area contributed by atoms with Crippen LogP contribution >= 0.6 is 43.2 Å². The highest BCUT2D eigenvalue weighted by Gasteiger charge is 2.43. The first-order valence-electron chi connectivity index (χ1n) is 11.0. The van der Waals surface area contributed by atoms with Gasteiger partial charge in [-0.25, -0.2) is 9.99 Å². The van der Waals surface area contributed by atoms with Gasteiger partial charge in [-0.05, 0) is 73.2 Å². The maximum Gasteiger partial charge on any atom is 0.207 e. The summed E-state index contributed by atoms with van der Waals surface area (Å²) in [5, 5.41) is 8.02. The van der Waals surface area contributed by atoms with E-state index in [9.17, 15) is 4.79 Å². The number of aromatic nitrogens is 1. The fraction of sp³-hybridized carbons (Fsp3) is 0.269. The summed E-state index contributed by atoms with van der Waals surface area (Å²) in [5.74, 6) is 0.336. The first-order valence-corrected chi connectivity index (χ1v) is 13.4. The average molecular weight is 585 g/mol. The molecule has 5 rings (SSSR count).